The van der Waals surface area contributed by atoms with Crippen LogP contribution in [0.3, 0.4) is 0 Å². The molecule has 1 atom stereocenters. The van der Waals surface area contributed by atoms with Crippen molar-refractivity contribution in [3.8, 4) is 17.2 Å². The molecule has 1 saturated heterocycles. The van der Waals surface area contributed by atoms with E-state index in [9.17, 15) is 19.8 Å². The SMILES string of the molecule is CCCOc1ccc(/C(O)=C2/C(=O)C(=O)N(c3ccc(OC)cc3)C2c2ccc(O)c(Cl)c2)cc1. The molecule has 3 aromatic carbocycles. The molecule has 3 aromatic rings. The summed E-state index contributed by atoms with van der Waals surface area (Å²) < 4.78 is 10.8. The van der Waals surface area contributed by atoms with E-state index in [1.54, 1.807) is 54.6 Å². The molecule has 2 N–H and O–H groups in total. The number of aliphatic hydroxyl groups is 1. The molecule has 1 amide bonds. The first-order valence-corrected chi connectivity index (χ1v) is 11.4. The molecule has 1 heterocycles. The summed E-state index contributed by atoms with van der Waals surface area (Å²) in [4.78, 5) is 27.7. The second-order valence-electron chi connectivity index (χ2n) is 7.95. The van der Waals surface area contributed by atoms with Crippen LogP contribution in [0, 0.1) is 0 Å². The number of rotatable bonds is 7. The summed E-state index contributed by atoms with van der Waals surface area (Å²) in [5.41, 5.74) is 1.16. The molecule has 1 fully saturated rings. The molecular formula is C27H24ClNO6. The molecule has 7 nitrogen and oxygen atoms in total. The van der Waals surface area contributed by atoms with Gasteiger partial charge in [0.2, 0.25) is 0 Å². The third-order valence-electron chi connectivity index (χ3n) is 5.68. The zero-order valence-corrected chi connectivity index (χ0v) is 20.0. The van der Waals surface area contributed by atoms with Crippen molar-refractivity contribution in [1.82, 2.24) is 0 Å². The fourth-order valence-electron chi connectivity index (χ4n) is 3.93. The zero-order chi connectivity index (χ0) is 25.1. The smallest absolute Gasteiger partial charge is 0.300 e. The van der Waals surface area contributed by atoms with Gasteiger partial charge in [0, 0.05) is 11.3 Å². The van der Waals surface area contributed by atoms with Gasteiger partial charge in [-0.05, 0) is 72.6 Å². The highest BCUT2D eigenvalue weighted by Gasteiger charge is 2.47. The van der Waals surface area contributed by atoms with Crippen molar-refractivity contribution in [1.29, 1.82) is 0 Å². The third-order valence-corrected chi connectivity index (χ3v) is 5.99. The number of ether oxygens (including phenoxy) is 2. The monoisotopic (exact) mass is 493 g/mol. The number of aromatic hydroxyl groups is 1. The first-order valence-electron chi connectivity index (χ1n) is 11.0. The van der Waals surface area contributed by atoms with Crippen molar-refractivity contribution >= 4 is 34.7 Å². The Hall–Kier alpha value is -3.97. The predicted molar refractivity (Wildman–Crippen MR) is 133 cm³/mol. The quantitative estimate of drug-likeness (QED) is 0.257. The van der Waals surface area contributed by atoms with Gasteiger partial charge in [0.1, 0.15) is 23.0 Å². The number of nitrogens with zero attached hydrogens (tertiary/aromatic N) is 1. The van der Waals surface area contributed by atoms with Crippen molar-refractivity contribution < 1.29 is 29.3 Å². The number of carbonyl (C=O) groups is 2. The number of phenolic OH excluding ortho intramolecular Hbond substituents is 1. The number of halogens is 1. The topological polar surface area (TPSA) is 96.3 Å². The summed E-state index contributed by atoms with van der Waals surface area (Å²) in [6.45, 7) is 2.55. The molecular weight excluding hydrogens is 470 g/mol. The maximum absolute atomic E-state index is 13.2. The highest BCUT2D eigenvalue weighted by Crippen LogP contribution is 2.43. The van der Waals surface area contributed by atoms with Crippen LogP contribution < -0.4 is 14.4 Å². The van der Waals surface area contributed by atoms with Gasteiger partial charge in [0.25, 0.3) is 11.7 Å². The second-order valence-corrected chi connectivity index (χ2v) is 8.36. The van der Waals surface area contributed by atoms with Crippen LogP contribution in [0.2, 0.25) is 5.02 Å². The van der Waals surface area contributed by atoms with Gasteiger partial charge < -0.3 is 19.7 Å². The number of phenols is 1. The standard InChI is InChI=1S/C27H24ClNO6/c1-3-14-35-20-9-4-16(5-10-20)25(31)23-24(17-6-13-22(30)21(28)15-17)29(27(33)26(23)32)18-7-11-19(34-2)12-8-18/h4-13,15,24,30-31H,3,14H2,1-2H3/b25-23-. The largest absolute Gasteiger partial charge is 0.507 e. The van der Waals surface area contributed by atoms with Gasteiger partial charge in [0.15, 0.2) is 0 Å². The summed E-state index contributed by atoms with van der Waals surface area (Å²) >= 11 is 6.15. The van der Waals surface area contributed by atoms with Crippen molar-refractivity contribution in [3.63, 3.8) is 0 Å². The third kappa shape index (κ3) is 4.68. The van der Waals surface area contributed by atoms with Gasteiger partial charge in [-0.3, -0.25) is 14.5 Å². The highest BCUT2D eigenvalue weighted by atomic mass is 35.5. The lowest BCUT2D eigenvalue weighted by atomic mass is 9.95. The molecule has 0 saturated carbocycles. The summed E-state index contributed by atoms with van der Waals surface area (Å²) in [6.07, 6.45) is 0.853. The number of anilines is 1. The van der Waals surface area contributed by atoms with Crippen molar-refractivity contribution in [2.24, 2.45) is 0 Å². The van der Waals surface area contributed by atoms with Crippen molar-refractivity contribution in [2.75, 3.05) is 18.6 Å². The molecule has 1 unspecified atom stereocenters. The van der Waals surface area contributed by atoms with Crippen LogP contribution in [0.4, 0.5) is 5.69 Å². The summed E-state index contributed by atoms with van der Waals surface area (Å²) in [5, 5.41) is 21.2. The number of benzene rings is 3. The number of ketones is 1. The molecule has 1 aliphatic rings. The van der Waals surface area contributed by atoms with Gasteiger partial charge in [-0.15, -0.1) is 0 Å². The number of methoxy groups -OCH3 is 1. The summed E-state index contributed by atoms with van der Waals surface area (Å²) in [7, 11) is 1.53. The Balaban J connectivity index is 1.85. The van der Waals surface area contributed by atoms with Crippen molar-refractivity contribution in [2.45, 2.75) is 19.4 Å². The van der Waals surface area contributed by atoms with E-state index < -0.39 is 17.7 Å². The van der Waals surface area contributed by atoms with E-state index in [4.69, 9.17) is 21.1 Å². The second kappa shape index (κ2) is 10.1. The molecule has 0 radical (unpaired) electrons. The molecule has 4 rings (SSSR count). The highest BCUT2D eigenvalue weighted by molar-refractivity contribution is 6.51. The summed E-state index contributed by atoms with van der Waals surface area (Å²) in [5.74, 6) is -0.883. The Morgan fingerprint density at radius 1 is 1.00 bits per heavy atom. The maximum Gasteiger partial charge on any atom is 0.300 e. The minimum Gasteiger partial charge on any atom is -0.507 e. The fraction of sp³-hybridized carbons (Fsp3) is 0.185. The number of carbonyl (C=O) groups excluding carboxylic acids is 2. The Labute approximate surface area is 207 Å². The van der Waals surface area contributed by atoms with Gasteiger partial charge in [-0.1, -0.05) is 24.6 Å². The van der Waals surface area contributed by atoms with Gasteiger partial charge in [-0.2, -0.15) is 0 Å². The average molecular weight is 494 g/mol. The van der Waals surface area contributed by atoms with Gasteiger partial charge in [0.05, 0.1) is 30.4 Å². The average Bonchev–Trinajstić information content (AvgIpc) is 3.14. The van der Waals surface area contributed by atoms with Crippen LogP contribution in [0.5, 0.6) is 17.2 Å². The maximum atomic E-state index is 13.2. The minimum absolute atomic E-state index is 0.0558. The van der Waals surface area contributed by atoms with E-state index in [1.807, 2.05) is 6.92 Å². The predicted octanol–water partition coefficient (Wildman–Crippen LogP) is 5.47. The molecule has 8 heteroatoms. The van der Waals surface area contributed by atoms with Crippen LogP contribution in [0.1, 0.15) is 30.5 Å². The normalized spacial score (nSPS) is 17.0. The first-order chi connectivity index (χ1) is 16.8. The lowest BCUT2D eigenvalue weighted by Gasteiger charge is -2.26. The number of amides is 1. The Morgan fingerprint density at radius 3 is 2.26 bits per heavy atom. The molecule has 1 aliphatic heterocycles. The zero-order valence-electron chi connectivity index (χ0n) is 19.2. The molecule has 0 aliphatic carbocycles. The van der Waals surface area contributed by atoms with Crippen LogP contribution in [-0.4, -0.2) is 35.6 Å². The Morgan fingerprint density at radius 2 is 1.66 bits per heavy atom. The first kappa shape index (κ1) is 24.2. The van der Waals surface area contributed by atoms with Crippen LogP contribution in [0.15, 0.2) is 72.3 Å². The van der Waals surface area contributed by atoms with Gasteiger partial charge >= 0.3 is 0 Å². The molecule has 0 bridgehead atoms. The van der Waals surface area contributed by atoms with Crippen LogP contribution in [-0.2, 0) is 9.59 Å². The number of hydrogen-bond donors (Lipinski definition) is 2. The lowest BCUT2D eigenvalue weighted by Crippen LogP contribution is -2.29. The Bertz CT molecular complexity index is 1280. The van der Waals surface area contributed by atoms with E-state index in [0.29, 0.717) is 34.9 Å². The fourth-order valence-corrected chi connectivity index (χ4v) is 4.12. The molecule has 0 spiro atoms. The lowest BCUT2D eigenvalue weighted by molar-refractivity contribution is -0.132. The minimum atomic E-state index is -0.975. The van der Waals surface area contributed by atoms with Crippen molar-refractivity contribution in [3.05, 3.63) is 88.5 Å². The van der Waals surface area contributed by atoms with E-state index in [0.717, 1.165) is 6.42 Å². The summed E-state index contributed by atoms with van der Waals surface area (Å²) in [6, 6.07) is 16.7. The molecule has 35 heavy (non-hydrogen) atoms. The molecule has 0 aromatic heterocycles. The van der Waals surface area contributed by atoms with Crippen LogP contribution >= 0.6 is 11.6 Å². The molecule has 180 valence electrons. The number of aliphatic hydroxyl groups excluding tert-OH is 1. The van der Waals surface area contributed by atoms with E-state index >= 15 is 0 Å². The number of hydrogen-bond acceptors (Lipinski definition) is 6. The van der Waals surface area contributed by atoms with E-state index in [2.05, 4.69) is 0 Å². The Kier molecular flexibility index (Phi) is 6.98. The van der Waals surface area contributed by atoms with E-state index in [-0.39, 0.29) is 22.1 Å². The van der Waals surface area contributed by atoms with E-state index in [1.165, 1.54) is 24.1 Å². The number of Topliss-reactive ketones (excluding diaryl/α,β-unsaturated/α-hetero) is 1. The van der Waals surface area contributed by atoms with Gasteiger partial charge in [-0.25, -0.2) is 0 Å². The van der Waals surface area contributed by atoms with Crippen LogP contribution in [0.25, 0.3) is 5.76 Å².